The predicted molar refractivity (Wildman–Crippen MR) is 59.1 cm³/mol. The van der Waals surface area contributed by atoms with Crippen LogP contribution in [0.25, 0.3) is 0 Å². The van der Waals surface area contributed by atoms with Gasteiger partial charge in [-0.15, -0.1) is 11.3 Å². The van der Waals surface area contributed by atoms with Gasteiger partial charge in [-0.25, -0.2) is 4.98 Å². The van der Waals surface area contributed by atoms with Gasteiger partial charge in [0.1, 0.15) is 5.01 Å². The normalized spacial score (nSPS) is 13.8. The highest BCUT2D eigenvalue weighted by Gasteiger charge is 2.33. The van der Waals surface area contributed by atoms with E-state index >= 15 is 0 Å². The molecule has 8 heteroatoms. The molecule has 0 aliphatic rings. The van der Waals surface area contributed by atoms with E-state index in [-0.39, 0.29) is 6.54 Å². The molecule has 0 bridgehead atoms. The molecule has 0 saturated carbocycles. The third kappa shape index (κ3) is 2.88. The average Bonchev–Trinajstić information content (AvgIpc) is 2.85. The highest BCUT2D eigenvalue weighted by Crippen LogP contribution is 2.30. The van der Waals surface area contributed by atoms with Gasteiger partial charge in [-0.3, -0.25) is 4.68 Å². The number of aliphatic hydroxyl groups is 1. The smallest absolute Gasteiger partial charge is 0.387 e. The maximum atomic E-state index is 12.3. The van der Waals surface area contributed by atoms with E-state index in [0.717, 1.165) is 16.7 Å². The Hall–Kier alpha value is -1.41. The summed E-state index contributed by atoms with van der Waals surface area (Å²) < 4.78 is 38.5. The molecule has 0 radical (unpaired) electrons. The minimum atomic E-state index is -4.41. The fourth-order valence-electron chi connectivity index (χ4n) is 1.34. The molecule has 2 aromatic heterocycles. The van der Waals surface area contributed by atoms with Crippen molar-refractivity contribution in [1.29, 1.82) is 0 Å². The van der Waals surface area contributed by atoms with E-state index in [1.54, 1.807) is 19.2 Å². The van der Waals surface area contributed by atoms with Crippen molar-refractivity contribution in [1.82, 2.24) is 14.8 Å². The lowest BCUT2D eigenvalue weighted by atomic mass is 10.3. The van der Waals surface area contributed by atoms with Crippen molar-refractivity contribution in [2.75, 3.05) is 0 Å². The van der Waals surface area contributed by atoms with Crippen LogP contribution in [-0.4, -0.2) is 19.9 Å². The van der Waals surface area contributed by atoms with Crippen LogP contribution in [-0.2, 0) is 12.7 Å². The monoisotopic (exact) mass is 277 g/mol. The lowest BCUT2D eigenvalue weighted by molar-refractivity contribution is -0.140. The maximum absolute atomic E-state index is 12.3. The Labute approximate surface area is 105 Å². The Bertz CT molecular complexity index is 532. The van der Waals surface area contributed by atoms with Gasteiger partial charge in [0.15, 0.2) is 5.69 Å². The molecule has 0 amide bonds. The Kier molecular flexibility index (Phi) is 3.40. The zero-order valence-corrected chi connectivity index (χ0v) is 10.2. The summed E-state index contributed by atoms with van der Waals surface area (Å²) in [5.41, 5.74) is -0.409. The van der Waals surface area contributed by atoms with Crippen LogP contribution in [0.15, 0.2) is 17.6 Å². The number of thiazole rings is 1. The minimum Gasteiger partial charge on any atom is -0.387 e. The fraction of sp³-hybridized carbons (Fsp3) is 0.400. The van der Waals surface area contributed by atoms with Crippen LogP contribution in [0.3, 0.4) is 0 Å². The number of aromatic nitrogens is 3. The number of alkyl halides is 3. The molecule has 0 aliphatic heterocycles. The third-order valence-corrected chi connectivity index (χ3v) is 3.06. The molecule has 4 nitrogen and oxygen atoms in total. The molecule has 2 rings (SSSR count). The lowest BCUT2D eigenvalue weighted by Gasteiger charge is -2.01. The van der Waals surface area contributed by atoms with Gasteiger partial charge in [-0.2, -0.15) is 18.3 Å². The van der Waals surface area contributed by atoms with Crippen molar-refractivity contribution >= 4 is 11.3 Å². The van der Waals surface area contributed by atoms with Crippen molar-refractivity contribution in [3.05, 3.63) is 34.0 Å². The molecule has 0 saturated heterocycles. The summed E-state index contributed by atoms with van der Waals surface area (Å²) in [7, 11) is 0. The van der Waals surface area contributed by atoms with Crippen LogP contribution in [0.4, 0.5) is 13.2 Å². The quantitative estimate of drug-likeness (QED) is 0.937. The molecular formula is C10H10F3N3OS. The first kappa shape index (κ1) is 13.0. The minimum absolute atomic E-state index is 0.160. The van der Waals surface area contributed by atoms with Crippen LogP contribution >= 0.6 is 11.3 Å². The van der Waals surface area contributed by atoms with E-state index < -0.39 is 18.0 Å². The third-order valence-electron chi connectivity index (χ3n) is 2.23. The first-order valence-electron chi connectivity index (χ1n) is 5.09. The van der Waals surface area contributed by atoms with Gasteiger partial charge in [0.2, 0.25) is 0 Å². The topological polar surface area (TPSA) is 50.9 Å². The molecule has 1 unspecified atom stereocenters. The summed E-state index contributed by atoms with van der Waals surface area (Å²) >= 11 is 0.934. The van der Waals surface area contributed by atoms with Crippen LogP contribution in [0.5, 0.6) is 0 Å². The highest BCUT2D eigenvalue weighted by atomic mass is 32.1. The number of rotatable bonds is 3. The van der Waals surface area contributed by atoms with Crippen molar-refractivity contribution in [3.8, 4) is 0 Å². The molecule has 1 atom stereocenters. The molecule has 2 aromatic rings. The van der Waals surface area contributed by atoms with Crippen LogP contribution < -0.4 is 0 Å². The van der Waals surface area contributed by atoms with Gasteiger partial charge in [-0.1, -0.05) is 0 Å². The summed E-state index contributed by atoms with van der Waals surface area (Å²) in [6.45, 7) is 1.73. The van der Waals surface area contributed by atoms with Gasteiger partial charge in [0.25, 0.3) is 0 Å². The molecule has 98 valence electrons. The number of hydrogen-bond acceptors (Lipinski definition) is 4. The Morgan fingerprint density at radius 1 is 1.50 bits per heavy atom. The van der Waals surface area contributed by atoms with Crippen molar-refractivity contribution < 1.29 is 18.3 Å². The van der Waals surface area contributed by atoms with Crippen molar-refractivity contribution in [3.63, 3.8) is 0 Å². The Morgan fingerprint density at radius 3 is 2.72 bits per heavy atom. The molecule has 2 heterocycles. The summed E-state index contributed by atoms with van der Waals surface area (Å²) in [4.78, 5) is 3.50. The molecular weight excluding hydrogens is 267 g/mol. The molecule has 0 aliphatic carbocycles. The molecule has 0 aromatic carbocycles. The predicted octanol–water partition coefficient (Wildman–Crippen LogP) is 2.46. The summed E-state index contributed by atoms with van der Waals surface area (Å²) in [5.74, 6) is 0. The molecule has 0 fully saturated rings. The first-order valence-corrected chi connectivity index (χ1v) is 5.97. The van der Waals surface area contributed by atoms with Gasteiger partial charge >= 0.3 is 6.18 Å². The largest absolute Gasteiger partial charge is 0.434 e. The number of nitrogens with zero attached hydrogens (tertiary/aromatic N) is 3. The van der Waals surface area contributed by atoms with Gasteiger partial charge in [0.05, 0.1) is 18.3 Å². The second-order valence-corrected chi connectivity index (χ2v) is 4.68. The lowest BCUT2D eigenvalue weighted by Crippen LogP contribution is -2.07. The van der Waals surface area contributed by atoms with E-state index in [2.05, 4.69) is 10.1 Å². The van der Waals surface area contributed by atoms with Crippen LogP contribution in [0, 0.1) is 0 Å². The number of aliphatic hydroxyl groups excluding tert-OH is 1. The van der Waals surface area contributed by atoms with E-state index in [1.807, 2.05) is 0 Å². The number of hydrogen-bond donors (Lipinski definition) is 1. The van der Waals surface area contributed by atoms with E-state index in [9.17, 15) is 18.3 Å². The Balaban J connectivity index is 2.11. The van der Waals surface area contributed by atoms with Gasteiger partial charge in [0, 0.05) is 11.6 Å². The zero-order chi connectivity index (χ0) is 13.3. The summed E-state index contributed by atoms with van der Waals surface area (Å²) in [6, 6.07) is 1.61. The van der Waals surface area contributed by atoms with Gasteiger partial charge < -0.3 is 5.11 Å². The van der Waals surface area contributed by atoms with Gasteiger partial charge in [-0.05, 0) is 13.0 Å². The Morgan fingerprint density at radius 2 is 2.22 bits per heavy atom. The first-order chi connectivity index (χ1) is 8.36. The van der Waals surface area contributed by atoms with Crippen LogP contribution in [0.1, 0.15) is 29.4 Å². The summed E-state index contributed by atoms with van der Waals surface area (Å²) in [6.07, 6.45) is -3.52. The van der Waals surface area contributed by atoms with Crippen LogP contribution in [0.2, 0.25) is 0 Å². The van der Waals surface area contributed by atoms with E-state index in [0.29, 0.717) is 10.7 Å². The second kappa shape index (κ2) is 4.69. The van der Waals surface area contributed by atoms with Crippen molar-refractivity contribution in [2.24, 2.45) is 0 Å². The molecule has 18 heavy (non-hydrogen) atoms. The highest BCUT2D eigenvalue weighted by molar-refractivity contribution is 7.09. The standard InChI is InChI=1S/C10H10F3N3OS/c1-6(17)7-2-3-16(15-7)4-9-14-8(5-18-9)10(11,12)13/h2-3,5-6,17H,4H2,1H3. The van der Waals surface area contributed by atoms with Crippen molar-refractivity contribution in [2.45, 2.75) is 25.7 Å². The van der Waals surface area contributed by atoms with E-state index in [1.165, 1.54) is 4.68 Å². The second-order valence-electron chi connectivity index (χ2n) is 3.74. The molecule has 0 spiro atoms. The average molecular weight is 277 g/mol. The van der Waals surface area contributed by atoms with E-state index in [4.69, 9.17) is 0 Å². The fourth-order valence-corrected chi connectivity index (χ4v) is 2.13. The zero-order valence-electron chi connectivity index (χ0n) is 9.35. The summed E-state index contributed by atoms with van der Waals surface area (Å²) in [5, 5.41) is 14.6. The number of halogens is 3. The molecule has 1 N–H and O–H groups in total. The SMILES string of the molecule is CC(O)c1ccn(Cc2nc(C(F)(F)F)cs2)n1. The maximum Gasteiger partial charge on any atom is 0.434 e.